The Bertz CT molecular complexity index is 617. The van der Waals surface area contributed by atoms with Gasteiger partial charge in [-0.2, -0.15) is 15.0 Å². The molecule has 3 N–H and O–H groups in total. The minimum absolute atomic E-state index is 0.00902. The lowest BCUT2D eigenvalue weighted by Crippen LogP contribution is -2.06. The van der Waals surface area contributed by atoms with Gasteiger partial charge in [0.05, 0.1) is 16.7 Å². The molecule has 0 atom stereocenters. The van der Waals surface area contributed by atoms with Gasteiger partial charge in [-0.05, 0) is 19.1 Å². The van der Waals surface area contributed by atoms with Gasteiger partial charge >= 0.3 is 6.01 Å². The summed E-state index contributed by atoms with van der Waals surface area (Å²) < 4.78 is 18.4. The number of halogens is 3. The summed E-state index contributed by atoms with van der Waals surface area (Å²) >= 11 is 11.4. The molecule has 1 aromatic heterocycles. The highest BCUT2D eigenvalue weighted by atomic mass is 35.5. The minimum atomic E-state index is -0.691. The van der Waals surface area contributed by atoms with E-state index in [0.29, 0.717) is 12.3 Å². The smallest absolute Gasteiger partial charge is 0.323 e. The highest BCUT2D eigenvalue weighted by Crippen LogP contribution is 2.28. The lowest BCUT2D eigenvalue weighted by molar-refractivity contribution is 0.312. The van der Waals surface area contributed by atoms with Crippen molar-refractivity contribution < 1.29 is 9.13 Å². The monoisotopic (exact) mass is 317 g/mol. The third kappa shape index (κ3) is 3.37. The van der Waals surface area contributed by atoms with Crippen LogP contribution in [0.1, 0.15) is 6.92 Å². The fraction of sp³-hybridized carbons (Fsp3) is 0.182. The molecule has 0 saturated carbocycles. The molecule has 0 amide bonds. The zero-order valence-electron chi connectivity index (χ0n) is 10.3. The molecule has 0 unspecified atom stereocenters. The van der Waals surface area contributed by atoms with Crippen LogP contribution in [0.15, 0.2) is 12.1 Å². The molecule has 0 spiro atoms. The maximum absolute atomic E-state index is 13.3. The van der Waals surface area contributed by atoms with Crippen molar-refractivity contribution in [2.45, 2.75) is 6.92 Å². The van der Waals surface area contributed by atoms with Crippen LogP contribution in [0.2, 0.25) is 10.0 Å². The summed E-state index contributed by atoms with van der Waals surface area (Å²) in [6.07, 6.45) is 0. The third-order valence-electron chi connectivity index (χ3n) is 2.15. The summed E-state index contributed by atoms with van der Waals surface area (Å²) in [6.45, 7) is 2.17. The molecule has 9 heteroatoms. The van der Waals surface area contributed by atoms with E-state index in [1.54, 1.807) is 6.92 Å². The number of hydrogen-bond donors (Lipinski definition) is 2. The summed E-state index contributed by atoms with van der Waals surface area (Å²) in [5.74, 6) is -0.561. The number of anilines is 3. The fourth-order valence-electron chi connectivity index (χ4n) is 1.38. The van der Waals surface area contributed by atoms with Crippen LogP contribution in [0.25, 0.3) is 0 Å². The number of nitrogens with zero attached hydrogens (tertiary/aromatic N) is 3. The molecular formula is C11H10Cl2FN5O. The molecule has 0 bridgehead atoms. The van der Waals surface area contributed by atoms with Gasteiger partial charge in [-0.25, -0.2) is 4.39 Å². The first kappa shape index (κ1) is 14.5. The van der Waals surface area contributed by atoms with Gasteiger partial charge < -0.3 is 15.8 Å². The second-order valence-corrected chi connectivity index (χ2v) is 4.43. The maximum atomic E-state index is 13.3. The molecule has 0 saturated heterocycles. The van der Waals surface area contributed by atoms with Crippen molar-refractivity contribution in [3.63, 3.8) is 0 Å². The van der Waals surface area contributed by atoms with Crippen molar-refractivity contribution in [2.75, 3.05) is 17.7 Å². The molecule has 0 aliphatic rings. The maximum Gasteiger partial charge on any atom is 0.323 e. The van der Waals surface area contributed by atoms with Gasteiger partial charge in [-0.3, -0.25) is 0 Å². The Labute approximate surface area is 124 Å². The summed E-state index contributed by atoms with van der Waals surface area (Å²) in [5.41, 5.74) is 5.94. The van der Waals surface area contributed by atoms with Crippen molar-refractivity contribution in [1.82, 2.24) is 15.0 Å². The predicted molar refractivity (Wildman–Crippen MR) is 75.1 cm³/mol. The van der Waals surface area contributed by atoms with E-state index in [1.807, 2.05) is 0 Å². The van der Waals surface area contributed by atoms with E-state index in [0.717, 1.165) is 0 Å². The summed E-state index contributed by atoms with van der Waals surface area (Å²) in [5, 5.41) is 2.56. The molecule has 106 valence electrons. The van der Waals surface area contributed by atoms with Crippen molar-refractivity contribution in [2.24, 2.45) is 0 Å². The van der Waals surface area contributed by atoms with Crippen molar-refractivity contribution >= 4 is 40.8 Å². The highest BCUT2D eigenvalue weighted by Gasteiger charge is 2.10. The molecular weight excluding hydrogens is 308 g/mol. The van der Waals surface area contributed by atoms with Crippen LogP contribution in [-0.2, 0) is 0 Å². The van der Waals surface area contributed by atoms with Gasteiger partial charge in [-0.15, -0.1) is 0 Å². The van der Waals surface area contributed by atoms with Crippen LogP contribution in [0, 0.1) is 5.82 Å². The van der Waals surface area contributed by atoms with Gasteiger partial charge in [0.1, 0.15) is 0 Å². The second kappa shape index (κ2) is 6.06. The molecule has 0 radical (unpaired) electrons. The van der Waals surface area contributed by atoms with E-state index in [4.69, 9.17) is 33.7 Å². The van der Waals surface area contributed by atoms with Crippen LogP contribution < -0.4 is 15.8 Å². The van der Waals surface area contributed by atoms with E-state index in [1.165, 1.54) is 12.1 Å². The standard InChI is InChI=1S/C11H10Cl2FN5O/c1-2-20-11-18-9(15)17-10(19-11)16-5-3-6(12)8(14)7(13)4-5/h3-4H,2H2,1H3,(H3,15,16,17,18,19). The summed E-state index contributed by atoms with van der Waals surface area (Å²) in [6, 6.07) is 2.79. The first-order valence-electron chi connectivity index (χ1n) is 5.55. The van der Waals surface area contributed by atoms with Crippen LogP contribution in [0.3, 0.4) is 0 Å². The van der Waals surface area contributed by atoms with E-state index in [2.05, 4.69) is 20.3 Å². The molecule has 6 nitrogen and oxygen atoms in total. The number of ether oxygens (including phenoxy) is 1. The fourth-order valence-corrected chi connectivity index (χ4v) is 1.87. The van der Waals surface area contributed by atoms with Crippen molar-refractivity contribution in [1.29, 1.82) is 0 Å². The lowest BCUT2D eigenvalue weighted by atomic mass is 10.3. The quantitative estimate of drug-likeness (QED) is 0.843. The first-order valence-corrected chi connectivity index (χ1v) is 6.31. The van der Waals surface area contributed by atoms with E-state index >= 15 is 0 Å². The van der Waals surface area contributed by atoms with E-state index in [-0.39, 0.29) is 28.0 Å². The Morgan fingerprint density at radius 1 is 1.25 bits per heavy atom. The molecule has 2 rings (SSSR count). The normalized spacial score (nSPS) is 10.4. The van der Waals surface area contributed by atoms with Crippen LogP contribution in [0.4, 0.5) is 22.0 Å². The average molecular weight is 318 g/mol. The number of rotatable bonds is 4. The Balaban J connectivity index is 2.30. The summed E-state index contributed by atoms with van der Waals surface area (Å²) in [4.78, 5) is 11.7. The molecule has 0 fully saturated rings. The highest BCUT2D eigenvalue weighted by molar-refractivity contribution is 6.35. The number of hydrogen-bond acceptors (Lipinski definition) is 6. The average Bonchev–Trinajstić information content (AvgIpc) is 2.35. The van der Waals surface area contributed by atoms with E-state index < -0.39 is 5.82 Å². The van der Waals surface area contributed by atoms with Gasteiger partial charge in [0, 0.05) is 5.69 Å². The number of aromatic nitrogens is 3. The van der Waals surface area contributed by atoms with Crippen LogP contribution in [-0.4, -0.2) is 21.6 Å². The summed E-state index contributed by atoms with van der Waals surface area (Å²) in [7, 11) is 0. The van der Waals surface area contributed by atoms with Gasteiger partial charge in [0.15, 0.2) is 5.82 Å². The molecule has 1 aromatic carbocycles. The Morgan fingerprint density at radius 2 is 1.90 bits per heavy atom. The van der Waals surface area contributed by atoms with Gasteiger partial charge in [0.2, 0.25) is 11.9 Å². The Hall–Kier alpha value is -1.86. The molecule has 2 aromatic rings. The van der Waals surface area contributed by atoms with Gasteiger partial charge in [-0.1, -0.05) is 23.2 Å². The lowest BCUT2D eigenvalue weighted by Gasteiger charge is -2.08. The second-order valence-electron chi connectivity index (χ2n) is 3.61. The topological polar surface area (TPSA) is 86.0 Å². The molecule has 0 aliphatic carbocycles. The Morgan fingerprint density at radius 3 is 2.50 bits per heavy atom. The minimum Gasteiger partial charge on any atom is -0.464 e. The van der Waals surface area contributed by atoms with Gasteiger partial charge in [0.25, 0.3) is 0 Å². The molecule has 0 aliphatic heterocycles. The largest absolute Gasteiger partial charge is 0.464 e. The zero-order valence-corrected chi connectivity index (χ0v) is 11.8. The molecule has 1 heterocycles. The number of nitrogens with two attached hydrogens (primary N) is 1. The first-order chi connectivity index (χ1) is 9.49. The zero-order chi connectivity index (χ0) is 14.7. The predicted octanol–water partition coefficient (Wildman–Crippen LogP) is 3.04. The van der Waals surface area contributed by atoms with Crippen LogP contribution in [0.5, 0.6) is 6.01 Å². The molecule has 20 heavy (non-hydrogen) atoms. The SMILES string of the molecule is CCOc1nc(N)nc(Nc2cc(Cl)c(F)c(Cl)c2)n1. The van der Waals surface area contributed by atoms with E-state index in [9.17, 15) is 4.39 Å². The number of nitrogens with one attached hydrogen (secondary N) is 1. The number of benzene rings is 1. The van der Waals surface area contributed by atoms with Crippen LogP contribution >= 0.6 is 23.2 Å². The third-order valence-corrected chi connectivity index (χ3v) is 2.70. The van der Waals surface area contributed by atoms with Crippen molar-refractivity contribution in [3.8, 4) is 6.01 Å². The number of nitrogen functional groups attached to an aromatic ring is 1. The van der Waals surface area contributed by atoms with Crippen molar-refractivity contribution in [3.05, 3.63) is 28.0 Å². The Kier molecular flexibility index (Phi) is 4.41.